The molecule has 4 rings (SSSR count). The van der Waals surface area contributed by atoms with Gasteiger partial charge >= 0.3 is 5.97 Å². The molecule has 0 radical (unpaired) electrons. The van der Waals surface area contributed by atoms with Gasteiger partial charge in [-0.15, -0.1) is 0 Å². The fourth-order valence-electron chi connectivity index (χ4n) is 3.58. The number of aliphatic hydroxyl groups is 1. The fourth-order valence-corrected chi connectivity index (χ4v) is 3.58. The zero-order valence-corrected chi connectivity index (χ0v) is 14.4. The molecule has 1 N–H and O–H groups in total. The molecule has 0 saturated carbocycles. The monoisotopic (exact) mass is 339 g/mol. The molecule has 3 saturated heterocycles. The summed E-state index contributed by atoms with van der Waals surface area (Å²) in [5.74, 6) is -0.209. The molecular weight excluding hydrogens is 314 g/mol. The second kappa shape index (κ2) is 7.81. The fraction of sp³-hybridized carbons (Fsp3) is 0.381. The summed E-state index contributed by atoms with van der Waals surface area (Å²) in [7, 11) is 0. The van der Waals surface area contributed by atoms with Crippen LogP contribution in [0.25, 0.3) is 0 Å². The maximum absolute atomic E-state index is 12.9. The molecule has 1 aromatic carbocycles. The molecule has 3 aliphatic rings. The standard InChI is InChI=1S/C21H25NO3/c1-2-3-4-8-13-21(24,18-9-6-5-7-10-18)20(23)25-19-16-22-14-11-17(19)12-15-22/h2-10,13,17,19,24H,1,11-12,14-16H2/b4-3-,13-8+. The first-order chi connectivity index (χ1) is 12.1. The number of carbonyl (C=O) groups excluding carboxylic acids is 1. The lowest BCUT2D eigenvalue weighted by atomic mass is 9.85. The van der Waals surface area contributed by atoms with Crippen LogP contribution in [0.5, 0.6) is 0 Å². The highest BCUT2D eigenvalue weighted by Crippen LogP contribution is 2.32. The molecule has 3 heterocycles. The number of rotatable bonds is 6. The molecule has 2 unspecified atom stereocenters. The van der Waals surface area contributed by atoms with Gasteiger partial charge in [0.05, 0.1) is 0 Å². The third-order valence-electron chi connectivity index (χ3n) is 5.08. The van der Waals surface area contributed by atoms with Crippen molar-refractivity contribution in [2.24, 2.45) is 5.92 Å². The first-order valence-corrected chi connectivity index (χ1v) is 8.82. The predicted molar refractivity (Wildman–Crippen MR) is 97.9 cm³/mol. The van der Waals surface area contributed by atoms with E-state index in [4.69, 9.17) is 4.74 Å². The lowest BCUT2D eigenvalue weighted by Crippen LogP contribution is -2.53. The minimum atomic E-state index is -1.79. The highest BCUT2D eigenvalue weighted by atomic mass is 16.6. The average molecular weight is 339 g/mol. The van der Waals surface area contributed by atoms with Crippen molar-refractivity contribution in [2.45, 2.75) is 24.5 Å². The summed E-state index contributed by atoms with van der Waals surface area (Å²) >= 11 is 0. The lowest BCUT2D eigenvalue weighted by Gasteiger charge is -2.44. The molecule has 132 valence electrons. The molecule has 2 bridgehead atoms. The number of hydrogen-bond acceptors (Lipinski definition) is 4. The molecule has 2 atom stereocenters. The first-order valence-electron chi connectivity index (χ1n) is 8.82. The van der Waals surface area contributed by atoms with Crippen molar-refractivity contribution in [1.82, 2.24) is 4.90 Å². The van der Waals surface area contributed by atoms with E-state index >= 15 is 0 Å². The summed E-state index contributed by atoms with van der Waals surface area (Å²) < 4.78 is 5.78. The van der Waals surface area contributed by atoms with E-state index in [-0.39, 0.29) is 6.10 Å². The summed E-state index contributed by atoms with van der Waals surface area (Å²) in [4.78, 5) is 15.2. The van der Waals surface area contributed by atoms with E-state index < -0.39 is 11.6 Å². The van der Waals surface area contributed by atoms with Crippen LogP contribution < -0.4 is 0 Å². The van der Waals surface area contributed by atoms with Gasteiger partial charge < -0.3 is 9.84 Å². The van der Waals surface area contributed by atoms with Gasteiger partial charge in [0.2, 0.25) is 5.60 Å². The van der Waals surface area contributed by atoms with E-state index in [2.05, 4.69) is 11.5 Å². The number of benzene rings is 1. The number of ether oxygens (including phenoxy) is 1. The number of esters is 1. The van der Waals surface area contributed by atoms with Crippen LogP contribution in [0.1, 0.15) is 18.4 Å². The zero-order valence-electron chi connectivity index (χ0n) is 14.4. The molecule has 25 heavy (non-hydrogen) atoms. The normalized spacial score (nSPS) is 28.1. The van der Waals surface area contributed by atoms with Crippen molar-refractivity contribution in [3.05, 3.63) is 72.9 Å². The van der Waals surface area contributed by atoms with E-state index in [1.807, 2.05) is 6.07 Å². The summed E-state index contributed by atoms with van der Waals surface area (Å²) in [5, 5.41) is 11.1. The third-order valence-corrected chi connectivity index (χ3v) is 5.08. The highest BCUT2D eigenvalue weighted by molar-refractivity contribution is 5.83. The van der Waals surface area contributed by atoms with Crippen molar-refractivity contribution in [3.63, 3.8) is 0 Å². The lowest BCUT2D eigenvalue weighted by molar-refractivity contribution is -0.176. The number of allylic oxidation sites excluding steroid dienone is 4. The van der Waals surface area contributed by atoms with Crippen molar-refractivity contribution >= 4 is 5.97 Å². The predicted octanol–water partition coefficient (Wildman–Crippen LogP) is 2.81. The molecule has 3 fully saturated rings. The SMILES string of the molecule is C=C/C=C\C=C\C(O)(C(=O)OC1CN2CCC1CC2)c1ccccc1. The van der Waals surface area contributed by atoms with Gasteiger partial charge in [-0.1, -0.05) is 61.2 Å². The van der Waals surface area contributed by atoms with Gasteiger partial charge in [-0.25, -0.2) is 4.79 Å². The number of carbonyl (C=O) groups is 1. The number of nitrogens with zero attached hydrogens (tertiary/aromatic N) is 1. The topological polar surface area (TPSA) is 49.8 Å². The van der Waals surface area contributed by atoms with Crippen LogP contribution in [0.4, 0.5) is 0 Å². The van der Waals surface area contributed by atoms with Crippen molar-refractivity contribution in [1.29, 1.82) is 0 Å². The van der Waals surface area contributed by atoms with Crippen LogP contribution >= 0.6 is 0 Å². The summed E-state index contributed by atoms with van der Waals surface area (Å²) in [5.41, 5.74) is -1.29. The van der Waals surface area contributed by atoms with Gasteiger partial charge in [0.15, 0.2) is 0 Å². The number of fused-ring (bicyclic) bond motifs is 3. The molecule has 0 spiro atoms. The van der Waals surface area contributed by atoms with Crippen LogP contribution in [-0.2, 0) is 15.1 Å². The summed E-state index contributed by atoms with van der Waals surface area (Å²) in [6.07, 6.45) is 10.2. The maximum Gasteiger partial charge on any atom is 0.347 e. The Labute approximate surface area is 149 Å². The molecule has 0 aromatic heterocycles. The average Bonchev–Trinajstić information content (AvgIpc) is 2.66. The molecule has 1 aromatic rings. The zero-order chi connectivity index (χ0) is 17.7. The number of hydrogen-bond donors (Lipinski definition) is 1. The van der Waals surface area contributed by atoms with Gasteiger partial charge in [-0.3, -0.25) is 4.90 Å². The summed E-state index contributed by atoms with van der Waals surface area (Å²) in [6.45, 7) is 6.53. The van der Waals surface area contributed by atoms with Crippen molar-refractivity contribution in [2.75, 3.05) is 19.6 Å². The van der Waals surface area contributed by atoms with Crippen molar-refractivity contribution < 1.29 is 14.6 Å². The second-order valence-corrected chi connectivity index (χ2v) is 6.69. The van der Waals surface area contributed by atoms with E-state index in [0.29, 0.717) is 11.5 Å². The van der Waals surface area contributed by atoms with Gasteiger partial charge in [0, 0.05) is 6.54 Å². The Balaban J connectivity index is 1.81. The minimum absolute atomic E-state index is 0.137. The van der Waals surface area contributed by atoms with Gasteiger partial charge in [-0.05, 0) is 43.5 Å². The maximum atomic E-state index is 12.9. The number of piperidine rings is 3. The Morgan fingerprint density at radius 2 is 1.92 bits per heavy atom. The Morgan fingerprint density at radius 3 is 2.52 bits per heavy atom. The van der Waals surface area contributed by atoms with Crippen molar-refractivity contribution in [3.8, 4) is 0 Å². The van der Waals surface area contributed by atoms with E-state index in [9.17, 15) is 9.90 Å². The van der Waals surface area contributed by atoms with E-state index in [1.165, 1.54) is 6.08 Å². The van der Waals surface area contributed by atoms with Gasteiger partial charge in [0.25, 0.3) is 0 Å². The molecule has 0 amide bonds. The summed E-state index contributed by atoms with van der Waals surface area (Å²) in [6, 6.07) is 8.92. The molecule has 4 heteroatoms. The highest BCUT2D eigenvalue weighted by Gasteiger charge is 2.42. The van der Waals surface area contributed by atoms with Gasteiger partial charge in [0.1, 0.15) is 6.10 Å². The largest absolute Gasteiger partial charge is 0.458 e. The Hall–Kier alpha value is -2.17. The van der Waals surface area contributed by atoms with Crippen LogP contribution in [-0.4, -0.2) is 41.7 Å². The molecule has 4 nitrogen and oxygen atoms in total. The van der Waals surface area contributed by atoms with Crippen LogP contribution in [0.15, 0.2) is 67.3 Å². The van der Waals surface area contributed by atoms with E-state index in [1.54, 1.807) is 48.6 Å². The third kappa shape index (κ3) is 3.91. The first kappa shape index (κ1) is 17.6. The second-order valence-electron chi connectivity index (χ2n) is 6.69. The quantitative estimate of drug-likeness (QED) is 0.640. The molecule has 3 aliphatic heterocycles. The van der Waals surface area contributed by atoms with Crippen LogP contribution in [0, 0.1) is 5.92 Å². The smallest absolute Gasteiger partial charge is 0.347 e. The minimum Gasteiger partial charge on any atom is -0.458 e. The van der Waals surface area contributed by atoms with E-state index in [0.717, 1.165) is 32.5 Å². The van der Waals surface area contributed by atoms with Crippen LogP contribution in [0.2, 0.25) is 0 Å². The Bertz CT molecular complexity index is 659. The van der Waals surface area contributed by atoms with Crippen LogP contribution in [0.3, 0.4) is 0 Å². The Kier molecular flexibility index (Phi) is 5.51. The molecular formula is C21H25NO3. The van der Waals surface area contributed by atoms with Gasteiger partial charge in [-0.2, -0.15) is 0 Å². The Morgan fingerprint density at radius 1 is 1.20 bits per heavy atom. The molecule has 0 aliphatic carbocycles.